The number of aliphatic hydroxyl groups is 1. The predicted octanol–water partition coefficient (Wildman–Crippen LogP) is 2.44. The molecule has 6 nitrogen and oxygen atoms in total. The number of aliphatic hydroxyl groups excluding tert-OH is 1. The van der Waals surface area contributed by atoms with Gasteiger partial charge in [-0.3, -0.25) is 9.59 Å². The summed E-state index contributed by atoms with van der Waals surface area (Å²) in [7, 11) is 0. The van der Waals surface area contributed by atoms with Crippen molar-refractivity contribution in [1.82, 2.24) is 4.90 Å². The van der Waals surface area contributed by atoms with Crippen LogP contribution in [-0.2, 0) is 0 Å². The van der Waals surface area contributed by atoms with E-state index in [-0.39, 0.29) is 23.5 Å². The molecular weight excluding hydrogens is 316 g/mol. The Bertz CT molecular complexity index is 695. The van der Waals surface area contributed by atoms with Gasteiger partial charge in [0, 0.05) is 13.1 Å². The first-order chi connectivity index (χ1) is 11.0. The van der Waals surface area contributed by atoms with E-state index in [1.807, 2.05) is 6.92 Å². The number of amides is 2. The fourth-order valence-electron chi connectivity index (χ4n) is 2.49. The number of β-amino-alcohol motifs (C(OH)–C–C–N with tert-alkyl or cyclic N) is 1. The van der Waals surface area contributed by atoms with E-state index >= 15 is 0 Å². The summed E-state index contributed by atoms with van der Waals surface area (Å²) >= 11 is 1.22. The fourth-order valence-corrected chi connectivity index (χ4v) is 3.36. The van der Waals surface area contributed by atoms with Crippen molar-refractivity contribution < 1.29 is 19.1 Å². The molecule has 3 heterocycles. The third kappa shape index (κ3) is 3.46. The van der Waals surface area contributed by atoms with Gasteiger partial charge in [-0.1, -0.05) is 6.92 Å². The second-order valence-corrected chi connectivity index (χ2v) is 6.76. The summed E-state index contributed by atoms with van der Waals surface area (Å²) in [4.78, 5) is 26.6. The van der Waals surface area contributed by atoms with Crippen LogP contribution in [0.1, 0.15) is 33.6 Å². The summed E-state index contributed by atoms with van der Waals surface area (Å²) < 4.78 is 5.03. The predicted molar refractivity (Wildman–Crippen MR) is 86.7 cm³/mol. The van der Waals surface area contributed by atoms with E-state index in [1.165, 1.54) is 17.6 Å². The Balaban J connectivity index is 1.64. The number of carbonyl (C=O) groups excluding carboxylic acids is 2. The molecule has 2 N–H and O–H groups in total. The van der Waals surface area contributed by atoms with Crippen LogP contribution in [0.2, 0.25) is 0 Å². The largest absolute Gasteiger partial charge is 0.459 e. The van der Waals surface area contributed by atoms with Crippen LogP contribution < -0.4 is 5.32 Å². The summed E-state index contributed by atoms with van der Waals surface area (Å²) in [6, 6.07) is 6.60. The van der Waals surface area contributed by atoms with Gasteiger partial charge in [0.15, 0.2) is 5.76 Å². The topological polar surface area (TPSA) is 82.8 Å². The molecule has 0 spiro atoms. The highest BCUT2D eigenvalue weighted by molar-refractivity contribution is 7.18. The summed E-state index contributed by atoms with van der Waals surface area (Å²) in [5.74, 6) is -0.0255. The molecule has 0 saturated carbocycles. The van der Waals surface area contributed by atoms with Gasteiger partial charge in [-0.05, 0) is 36.6 Å². The van der Waals surface area contributed by atoms with Gasteiger partial charge in [0.25, 0.3) is 11.8 Å². The Hall–Kier alpha value is -2.12. The lowest BCUT2D eigenvalue weighted by molar-refractivity contribution is 0.0251. The van der Waals surface area contributed by atoms with Gasteiger partial charge in [-0.15, -0.1) is 11.3 Å². The summed E-state index contributed by atoms with van der Waals surface area (Å²) in [5, 5.41) is 13.2. The molecule has 2 aromatic heterocycles. The van der Waals surface area contributed by atoms with E-state index in [4.69, 9.17) is 4.42 Å². The maximum absolute atomic E-state index is 12.5. The molecule has 0 aliphatic carbocycles. The number of carbonyl (C=O) groups is 2. The molecule has 0 aromatic carbocycles. The summed E-state index contributed by atoms with van der Waals surface area (Å²) in [6.45, 7) is 2.98. The average Bonchev–Trinajstić information content (AvgIpc) is 3.20. The molecule has 1 aliphatic rings. The molecule has 122 valence electrons. The van der Waals surface area contributed by atoms with Gasteiger partial charge in [0.2, 0.25) is 0 Å². The fraction of sp³-hybridized carbons (Fsp3) is 0.375. The van der Waals surface area contributed by atoms with E-state index in [2.05, 4.69) is 5.32 Å². The summed E-state index contributed by atoms with van der Waals surface area (Å²) in [5.41, 5.74) is 0. The van der Waals surface area contributed by atoms with Gasteiger partial charge in [0.05, 0.1) is 22.2 Å². The van der Waals surface area contributed by atoms with E-state index in [0.717, 1.165) is 6.42 Å². The standard InChI is InChI=1S/C16H18N2O4S/c1-10-6-7-18(9-11(10)19)16(21)13-4-5-14(23-13)17-15(20)12-3-2-8-22-12/h2-5,8,10-11,19H,6-7,9H2,1H3,(H,17,20). The monoisotopic (exact) mass is 334 g/mol. The van der Waals surface area contributed by atoms with Gasteiger partial charge >= 0.3 is 0 Å². The van der Waals surface area contributed by atoms with Gasteiger partial charge in [0.1, 0.15) is 0 Å². The number of furan rings is 1. The van der Waals surface area contributed by atoms with Crippen molar-refractivity contribution in [3.05, 3.63) is 41.2 Å². The Morgan fingerprint density at radius 2 is 2.22 bits per heavy atom. The third-order valence-corrected chi connectivity index (χ3v) is 4.99. The van der Waals surface area contributed by atoms with Crippen LogP contribution in [-0.4, -0.2) is 41.0 Å². The highest BCUT2D eigenvalue weighted by Crippen LogP contribution is 2.26. The van der Waals surface area contributed by atoms with Crippen molar-refractivity contribution in [2.75, 3.05) is 18.4 Å². The molecule has 1 saturated heterocycles. The third-order valence-electron chi connectivity index (χ3n) is 4.00. The first-order valence-corrected chi connectivity index (χ1v) is 8.28. The number of thiophene rings is 1. The Labute approximate surface area is 137 Å². The van der Waals surface area contributed by atoms with Gasteiger partial charge in [-0.25, -0.2) is 0 Å². The molecule has 1 fully saturated rings. The summed E-state index contributed by atoms with van der Waals surface area (Å²) in [6.07, 6.45) is 1.74. The van der Waals surface area contributed by atoms with Crippen molar-refractivity contribution in [3.8, 4) is 0 Å². The zero-order chi connectivity index (χ0) is 16.4. The Morgan fingerprint density at radius 1 is 1.39 bits per heavy atom. The second kappa shape index (κ2) is 6.55. The number of hydrogen-bond acceptors (Lipinski definition) is 5. The first-order valence-electron chi connectivity index (χ1n) is 7.46. The molecule has 2 atom stereocenters. The van der Waals surface area contributed by atoms with Crippen molar-refractivity contribution >= 4 is 28.2 Å². The Kier molecular flexibility index (Phi) is 4.49. The molecule has 23 heavy (non-hydrogen) atoms. The number of anilines is 1. The van der Waals surface area contributed by atoms with Crippen molar-refractivity contribution in [2.24, 2.45) is 5.92 Å². The van der Waals surface area contributed by atoms with Crippen LogP contribution in [0, 0.1) is 5.92 Å². The van der Waals surface area contributed by atoms with Crippen LogP contribution >= 0.6 is 11.3 Å². The lowest BCUT2D eigenvalue weighted by atomic mass is 9.96. The Morgan fingerprint density at radius 3 is 2.91 bits per heavy atom. The normalized spacial score (nSPS) is 21.2. The van der Waals surface area contributed by atoms with Crippen molar-refractivity contribution in [3.63, 3.8) is 0 Å². The number of nitrogens with zero attached hydrogens (tertiary/aromatic N) is 1. The highest BCUT2D eigenvalue weighted by atomic mass is 32.1. The minimum Gasteiger partial charge on any atom is -0.459 e. The smallest absolute Gasteiger partial charge is 0.291 e. The molecule has 7 heteroatoms. The van der Waals surface area contributed by atoms with Crippen LogP contribution in [0.15, 0.2) is 34.9 Å². The van der Waals surface area contributed by atoms with E-state index in [0.29, 0.717) is 23.0 Å². The minimum absolute atomic E-state index is 0.112. The average molecular weight is 334 g/mol. The molecule has 2 aromatic rings. The number of nitrogens with one attached hydrogen (secondary N) is 1. The number of piperidine rings is 1. The minimum atomic E-state index is -0.481. The van der Waals surface area contributed by atoms with Crippen LogP contribution in [0.3, 0.4) is 0 Å². The maximum Gasteiger partial charge on any atom is 0.291 e. The van der Waals surface area contributed by atoms with E-state index in [9.17, 15) is 14.7 Å². The van der Waals surface area contributed by atoms with Crippen molar-refractivity contribution in [2.45, 2.75) is 19.4 Å². The lowest BCUT2D eigenvalue weighted by Gasteiger charge is -2.34. The molecular formula is C16H18N2O4S. The zero-order valence-corrected chi connectivity index (χ0v) is 13.5. The van der Waals surface area contributed by atoms with Crippen LogP contribution in [0.4, 0.5) is 5.00 Å². The van der Waals surface area contributed by atoms with E-state index < -0.39 is 6.10 Å². The van der Waals surface area contributed by atoms with Gasteiger partial charge in [-0.2, -0.15) is 0 Å². The number of rotatable bonds is 3. The molecule has 1 aliphatic heterocycles. The quantitative estimate of drug-likeness (QED) is 0.903. The first kappa shape index (κ1) is 15.8. The molecule has 0 bridgehead atoms. The molecule has 2 unspecified atom stereocenters. The van der Waals surface area contributed by atoms with Gasteiger partial charge < -0.3 is 19.7 Å². The second-order valence-electron chi connectivity index (χ2n) is 5.68. The van der Waals surface area contributed by atoms with E-state index in [1.54, 1.807) is 29.2 Å². The lowest BCUT2D eigenvalue weighted by Crippen LogP contribution is -2.45. The number of hydrogen-bond donors (Lipinski definition) is 2. The van der Waals surface area contributed by atoms with Crippen LogP contribution in [0.5, 0.6) is 0 Å². The van der Waals surface area contributed by atoms with Crippen LogP contribution in [0.25, 0.3) is 0 Å². The number of likely N-dealkylation sites (tertiary alicyclic amines) is 1. The zero-order valence-electron chi connectivity index (χ0n) is 12.7. The van der Waals surface area contributed by atoms with Crippen molar-refractivity contribution in [1.29, 1.82) is 0 Å². The SMILES string of the molecule is CC1CCN(C(=O)c2ccc(NC(=O)c3ccco3)s2)CC1O. The molecule has 0 radical (unpaired) electrons. The molecule has 2 amide bonds. The highest BCUT2D eigenvalue weighted by Gasteiger charge is 2.28. The molecule has 3 rings (SSSR count). The maximum atomic E-state index is 12.5.